The predicted octanol–water partition coefficient (Wildman–Crippen LogP) is -3.56. The van der Waals surface area contributed by atoms with Crippen molar-refractivity contribution in [1.82, 2.24) is 0 Å². The normalized spacial score (nSPS) is 6.59. The third-order valence-electron chi connectivity index (χ3n) is 0.500. The Morgan fingerprint density at radius 2 is 0.588 bits per heavy atom. The summed E-state index contributed by atoms with van der Waals surface area (Å²) >= 11 is 0.382. The van der Waals surface area contributed by atoms with Gasteiger partial charge in [-0.1, -0.05) is 0 Å². The van der Waals surface area contributed by atoms with E-state index < -0.39 is 0 Å². The van der Waals surface area contributed by atoms with Crippen LogP contribution in [0.5, 0.6) is 0 Å². The Morgan fingerprint density at radius 1 is 0.529 bits per heavy atom. The van der Waals surface area contributed by atoms with Gasteiger partial charge in [0.2, 0.25) is 0 Å². The fourth-order valence-electron chi connectivity index (χ4n) is 0. The Hall–Kier alpha value is 0.766. The summed E-state index contributed by atoms with van der Waals surface area (Å²) in [6.45, 7) is 3.58. The molecule has 11 heteroatoms. The maximum atomic E-state index is 4.90. The zero-order chi connectivity index (χ0) is 12.9. The molecular weight excluding hydrogens is 318 g/mol. The number of nitrogens with two attached hydrogens (primary N) is 6. The molecule has 17 heavy (non-hydrogen) atoms. The molecule has 16 N–H and O–H groups in total. The van der Waals surface area contributed by atoms with Crippen LogP contribution in [0.1, 0.15) is 0 Å². The first-order valence-corrected chi connectivity index (χ1v) is 7.07. The van der Waals surface area contributed by atoms with Gasteiger partial charge in [0.05, 0.1) is 0 Å². The Kier molecular flexibility index (Phi) is 147. The fourth-order valence-corrected chi connectivity index (χ4v) is 0. The van der Waals surface area contributed by atoms with E-state index >= 15 is 0 Å². The topological polar surface area (TPSA) is 219 Å². The van der Waals surface area contributed by atoms with Gasteiger partial charge in [-0.25, -0.2) is 0 Å². The number of hydrogen-bond acceptors (Lipinski definition) is 6. The van der Waals surface area contributed by atoms with Gasteiger partial charge in [-0.3, -0.25) is 0 Å². The van der Waals surface area contributed by atoms with Crippen LogP contribution in [0.4, 0.5) is 0 Å². The standard InChI is InChI=1S/3C2H8N2.2ClH.Co.2H2O/c3*3-1-2-4;;;;;/h3*1-4H2;2*1H;;2*1H2/q;;;;;+2;;/p-2. The number of hydrogen-bond donors (Lipinski definition) is 6. The summed E-state index contributed by atoms with van der Waals surface area (Å²) in [7, 11) is 9.47. The van der Waals surface area contributed by atoms with Crippen molar-refractivity contribution in [2.45, 2.75) is 0 Å². The van der Waals surface area contributed by atoms with Gasteiger partial charge in [-0.2, -0.15) is 0 Å². The van der Waals surface area contributed by atoms with Gasteiger partial charge in [0.15, 0.2) is 0 Å². The molecule has 0 amide bonds. The van der Waals surface area contributed by atoms with Crippen LogP contribution >= 0.6 is 20.3 Å². The number of rotatable bonds is 3. The fraction of sp³-hybridized carbons (Fsp3) is 1.00. The van der Waals surface area contributed by atoms with E-state index in [1.165, 1.54) is 0 Å². The first-order chi connectivity index (χ1) is 7.16. The maximum absolute atomic E-state index is 4.90. The van der Waals surface area contributed by atoms with Crippen molar-refractivity contribution >= 4 is 20.3 Å². The van der Waals surface area contributed by atoms with E-state index in [1.807, 2.05) is 0 Å². The molecule has 0 heterocycles. The second-order valence-electron chi connectivity index (χ2n) is 1.78. The molecule has 0 rings (SSSR count). The third-order valence-corrected chi connectivity index (χ3v) is 0.500. The van der Waals surface area contributed by atoms with E-state index in [0.29, 0.717) is 52.2 Å². The van der Waals surface area contributed by atoms with Crippen molar-refractivity contribution in [2.24, 2.45) is 34.4 Å². The van der Waals surface area contributed by atoms with Crippen LogP contribution in [0.2, 0.25) is 0 Å². The van der Waals surface area contributed by atoms with E-state index in [-0.39, 0.29) is 11.0 Å². The van der Waals surface area contributed by atoms with E-state index in [2.05, 4.69) is 0 Å². The van der Waals surface area contributed by atoms with Gasteiger partial charge >= 0.3 is 33.2 Å². The summed E-state index contributed by atoms with van der Waals surface area (Å²) in [5, 5.41) is 0. The van der Waals surface area contributed by atoms with Crippen molar-refractivity contribution in [3.05, 3.63) is 0 Å². The molecule has 0 aliphatic rings. The molecule has 0 aromatic carbocycles. The summed E-state index contributed by atoms with van der Waals surface area (Å²) in [5.74, 6) is 0. The monoisotopic (exact) mass is 345 g/mol. The first-order valence-electron chi connectivity index (χ1n) is 4.20. The third kappa shape index (κ3) is 258. The first kappa shape index (κ1) is 36.1. The summed E-state index contributed by atoms with van der Waals surface area (Å²) < 4.78 is 0. The van der Waals surface area contributed by atoms with Crippen molar-refractivity contribution in [2.75, 3.05) is 39.3 Å². The van der Waals surface area contributed by atoms with E-state index in [0.717, 1.165) is 0 Å². The van der Waals surface area contributed by atoms with Gasteiger partial charge in [-0.15, -0.1) is 0 Å². The molecule has 0 unspecified atom stereocenters. The van der Waals surface area contributed by atoms with Crippen molar-refractivity contribution < 1.29 is 23.8 Å². The molecule has 0 bridgehead atoms. The van der Waals surface area contributed by atoms with Crippen LogP contribution in [0.3, 0.4) is 0 Å². The number of halogens is 2. The molecule has 0 aromatic rings. The Balaban J connectivity index is -0.0000000230. The SMILES string of the molecule is NCCN.NCCN.NCCN.O.O.[Cl][Co][Cl]. The van der Waals surface area contributed by atoms with Crippen molar-refractivity contribution in [3.63, 3.8) is 0 Å². The molecule has 117 valence electrons. The second kappa shape index (κ2) is 69.1. The van der Waals surface area contributed by atoms with Crippen LogP contribution < -0.4 is 34.4 Å². The molecular formula is C6H28Cl2CoN6O2. The zero-order valence-electron chi connectivity index (χ0n) is 9.80. The quantitative estimate of drug-likeness (QED) is 0.303. The van der Waals surface area contributed by atoms with E-state index in [4.69, 9.17) is 54.7 Å². The molecule has 0 saturated heterocycles. The predicted molar refractivity (Wildman–Crippen MR) is 73.3 cm³/mol. The van der Waals surface area contributed by atoms with E-state index in [1.54, 1.807) is 0 Å². The second-order valence-corrected chi connectivity index (χ2v) is 3.50. The van der Waals surface area contributed by atoms with Crippen LogP contribution in [0.25, 0.3) is 0 Å². The Labute approximate surface area is 118 Å². The van der Waals surface area contributed by atoms with Crippen LogP contribution in [0.15, 0.2) is 0 Å². The van der Waals surface area contributed by atoms with Crippen LogP contribution in [-0.2, 0) is 12.9 Å². The summed E-state index contributed by atoms with van der Waals surface area (Å²) in [5.41, 5.74) is 29.4. The van der Waals surface area contributed by atoms with Crippen molar-refractivity contribution in [3.8, 4) is 0 Å². The molecule has 0 spiro atoms. The Bertz CT molecular complexity index is 58.3. The molecule has 0 aliphatic carbocycles. The average molecular weight is 346 g/mol. The van der Waals surface area contributed by atoms with Crippen molar-refractivity contribution in [1.29, 1.82) is 0 Å². The van der Waals surface area contributed by atoms with Crippen LogP contribution in [-0.4, -0.2) is 50.2 Å². The molecule has 0 atom stereocenters. The zero-order valence-corrected chi connectivity index (χ0v) is 12.3. The Morgan fingerprint density at radius 3 is 0.588 bits per heavy atom. The van der Waals surface area contributed by atoms with Gasteiger partial charge in [-0.05, 0) is 0 Å². The molecule has 8 nitrogen and oxygen atoms in total. The van der Waals surface area contributed by atoms with Gasteiger partial charge in [0.25, 0.3) is 0 Å². The van der Waals surface area contributed by atoms with Crippen LogP contribution in [0, 0.1) is 0 Å². The summed E-state index contributed by atoms with van der Waals surface area (Å²) in [4.78, 5) is 0. The van der Waals surface area contributed by atoms with Gasteiger partial charge < -0.3 is 45.4 Å². The summed E-state index contributed by atoms with van der Waals surface area (Å²) in [6.07, 6.45) is 0. The minimum atomic E-state index is 0. The molecule has 0 fully saturated rings. The van der Waals surface area contributed by atoms with Gasteiger partial charge in [0.1, 0.15) is 0 Å². The molecule has 0 radical (unpaired) electrons. The molecule has 0 aromatic heterocycles. The molecule has 0 saturated carbocycles. The average Bonchev–Trinajstić information content (AvgIpc) is 2.30. The summed E-state index contributed by atoms with van der Waals surface area (Å²) in [6, 6.07) is 0. The minimum absolute atomic E-state index is 0. The van der Waals surface area contributed by atoms with E-state index in [9.17, 15) is 0 Å². The van der Waals surface area contributed by atoms with Gasteiger partial charge in [0, 0.05) is 39.3 Å². The molecule has 0 aliphatic heterocycles.